The Balaban J connectivity index is 1.56. The Kier molecular flexibility index (Phi) is 6.72. The Morgan fingerprint density at radius 3 is 2.63 bits per heavy atom. The highest BCUT2D eigenvalue weighted by Crippen LogP contribution is 2.30. The van der Waals surface area contributed by atoms with E-state index in [2.05, 4.69) is 24.0 Å². The van der Waals surface area contributed by atoms with E-state index in [1.54, 1.807) is 28.4 Å². The number of carbonyl (C=O) groups is 1. The topological polar surface area (TPSA) is 45.7 Å². The van der Waals surface area contributed by atoms with Crippen LogP contribution in [-0.2, 0) is 22.4 Å². The minimum atomic E-state index is -0.298. The van der Waals surface area contributed by atoms with Gasteiger partial charge in [0, 0.05) is 26.2 Å². The summed E-state index contributed by atoms with van der Waals surface area (Å²) >= 11 is 1.55. The molecule has 0 N–H and O–H groups in total. The number of morpholine rings is 1. The van der Waals surface area contributed by atoms with Gasteiger partial charge in [0.15, 0.2) is 5.13 Å². The van der Waals surface area contributed by atoms with Crippen molar-refractivity contribution >= 4 is 32.6 Å². The van der Waals surface area contributed by atoms with Crippen LogP contribution < -0.4 is 4.90 Å². The van der Waals surface area contributed by atoms with Crippen molar-refractivity contribution < 1.29 is 13.9 Å². The highest BCUT2D eigenvalue weighted by molar-refractivity contribution is 7.22. The highest BCUT2D eigenvalue weighted by atomic mass is 32.1. The van der Waals surface area contributed by atoms with E-state index in [1.807, 2.05) is 6.07 Å². The number of hydrogen-bond donors (Lipinski definition) is 0. The largest absolute Gasteiger partial charge is 0.379 e. The molecule has 1 fully saturated rings. The zero-order valence-corrected chi connectivity index (χ0v) is 18.0. The van der Waals surface area contributed by atoms with Gasteiger partial charge >= 0.3 is 0 Å². The molecule has 2 heterocycles. The summed E-state index contributed by atoms with van der Waals surface area (Å²) in [7, 11) is 0. The van der Waals surface area contributed by atoms with Crippen LogP contribution in [-0.4, -0.2) is 55.2 Å². The smallest absolute Gasteiger partial charge is 0.233 e. The maximum absolute atomic E-state index is 13.2. The molecule has 1 aromatic heterocycles. The van der Waals surface area contributed by atoms with Crippen molar-refractivity contribution in [2.24, 2.45) is 0 Å². The number of amides is 1. The molecular formula is C23H26FN3O2S. The number of fused-ring (bicyclic) bond motifs is 1. The first-order chi connectivity index (χ1) is 14.6. The molecule has 0 bridgehead atoms. The molecule has 1 aliphatic heterocycles. The Morgan fingerprint density at radius 2 is 1.90 bits per heavy atom. The maximum Gasteiger partial charge on any atom is 0.233 e. The first-order valence-electron chi connectivity index (χ1n) is 10.4. The molecule has 2 aromatic carbocycles. The molecule has 4 rings (SSSR count). The number of halogens is 1. The lowest BCUT2D eigenvalue weighted by atomic mass is 10.1. The van der Waals surface area contributed by atoms with Crippen LogP contribution >= 0.6 is 11.3 Å². The Bertz CT molecular complexity index is 999. The number of carbonyl (C=O) groups excluding carboxylic acids is 1. The fraction of sp³-hybridized carbons (Fsp3) is 0.391. The number of rotatable bonds is 7. The fourth-order valence-corrected chi connectivity index (χ4v) is 4.63. The van der Waals surface area contributed by atoms with Gasteiger partial charge in [-0.2, -0.15) is 0 Å². The van der Waals surface area contributed by atoms with Crippen molar-refractivity contribution in [2.45, 2.75) is 19.8 Å². The molecule has 0 spiro atoms. The monoisotopic (exact) mass is 427 g/mol. The SMILES string of the molecule is CCc1ccc2nc(N(CCN3CCOCC3)C(=O)Cc3ccc(F)cc3)sc2c1. The highest BCUT2D eigenvalue weighted by Gasteiger charge is 2.22. The van der Waals surface area contributed by atoms with E-state index in [1.165, 1.54) is 17.7 Å². The lowest BCUT2D eigenvalue weighted by Crippen LogP contribution is -2.43. The van der Waals surface area contributed by atoms with Crippen LogP contribution in [0.5, 0.6) is 0 Å². The molecule has 0 saturated carbocycles. The molecule has 1 aliphatic rings. The van der Waals surface area contributed by atoms with Gasteiger partial charge < -0.3 is 4.74 Å². The molecule has 1 amide bonds. The third-order valence-corrected chi connectivity index (χ3v) is 6.44. The van der Waals surface area contributed by atoms with Crippen LogP contribution in [0.1, 0.15) is 18.1 Å². The van der Waals surface area contributed by atoms with Crippen LogP contribution in [0.3, 0.4) is 0 Å². The second kappa shape index (κ2) is 9.64. The third kappa shape index (κ3) is 5.03. The Morgan fingerprint density at radius 1 is 1.17 bits per heavy atom. The third-order valence-electron chi connectivity index (χ3n) is 5.39. The first-order valence-corrected chi connectivity index (χ1v) is 11.2. The van der Waals surface area contributed by atoms with Crippen LogP contribution in [0.25, 0.3) is 10.2 Å². The molecule has 158 valence electrons. The van der Waals surface area contributed by atoms with Gasteiger partial charge in [-0.3, -0.25) is 14.6 Å². The lowest BCUT2D eigenvalue weighted by Gasteiger charge is -2.29. The fourth-order valence-electron chi connectivity index (χ4n) is 3.56. The normalized spacial score (nSPS) is 14.9. The minimum absolute atomic E-state index is 0.0235. The van der Waals surface area contributed by atoms with E-state index in [4.69, 9.17) is 9.72 Å². The molecule has 0 aliphatic carbocycles. The van der Waals surface area contributed by atoms with E-state index < -0.39 is 0 Å². The Hall–Kier alpha value is -2.35. The zero-order chi connectivity index (χ0) is 20.9. The van der Waals surface area contributed by atoms with Crippen molar-refractivity contribution in [1.29, 1.82) is 0 Å². The van der Waals surface area contributed by atoms with Gasteiger partial charge in [0.1, 0.15) is 5.82 Å². The zero-order valence-electron chi connectivity index (χ0n) is 17.1. The molecule has 0 radical (unpaired) electrons. The first kappa shape index (κ1) is 20.9. The molecule has 5 nitrogen and oxygen atoms in total. The number of anilines is 1. The predicted molar refractivity (Wildman–Crippen MR) is 119 cm³/mol. The number of aryl methyl sites for hydroxylation is 1. The van der Waals surface area contributed by atoms with Crippen molar-refractivity contribution in [2.75, 3.05) is 44.3 Å². The van der Waals surface area contributed by atoms with Gasteiger partial charge in [-0.15, -0.1) is 0 Å². The summed E-state index contributed by atoms with van der Waals surface area (Å²) in [6.07, 6.45) is 1.19. The molecule has 0 unspecified atom stereocenters. The van der Waals surface area contributed by atoms with Crippen molar-refractivity contribution in [3.63, 3.8) is 0 Å². The molecule has 3 aromatic rings. The van der Waals surface area contributed by atoms with Gasteiger partial charge in [0.05, 0.1) is 29.9 Å². The van der Waals surface area contributed by atoms with Gasteiger partial charge in [0.25, 0.3) is 0 Å². The minimum Gasteiger partial charge on any atom is -0.379 e. The number of thiazole rings is 1. The van der Waals surface area contributed by atoms with Gasteiger partial charge in [-0.05, 0) is 41.8 Å². The quantitative estimate of drug-likeness (QED) is 0.574. The van der Waals surface area contributed by atoms with Crippen molar-refractivity contribution in [1.82, 2.24) is 9.88 Å². The number of nitrogens with zero attached hydrogens (tertiary/aromatic N) is 3. The van der Waals surface area contributed by atoms with Crippen LogP contribution in [0, 0.1) is 5.82 Å². The van der Waals surface area contributed by atoms with E-state index in [-0.39, 0.29) is 18.1 Å². The standard InChI is InChI=1S/C23H26FN3O2S/c1-2-17-5-8-20-21(15-17)30-23(25-20)27(10-9-26-11-13-29-14-12-26)22(28)16-18-3-6-19(24)7-4-18/h3-8,15H,2,9-14,16H2,1H3. The summed E-state index contributed by atoms with van der Waals surface area (Å²) in [5.41, 5.74) is 2.97. The van der Waals surface area contributed by atoms with E-state index in [0.717, 1.165) is 60.2 Å². The van der Waals surface area contributed by atoms with Gasteiger partial charge in [-0.1, -0.05) is 36.5 Å². The van der Waals surface area contributed by atoms with Crippen LogP contribution in [0.15, 0.2) is 42.5 Å². The van der Waals surface area contributed by atoms with E-state index in [0.29, 0.717) is 6.54 Å². The molecule has 1 saturated heterocycles. The predicted octanol–water partition coefficient (Wildman–Crippen LogP) is 3.91. The summed E-state index contributed by atoms with van der Waals surface area (Å²) in [6.45, 7) is 6.67. The van der Waals surface area contributed by atoms with Gasteiger partial charge in [0.2, 0.25) is 5.91 Å². The summed E-state index contributed by atoms with van der Waals surface area (Å²) in [5.74, 6) is -0.321. The molecule has 30 heavy (non-hydrogen) atoms. The van der Waals surface area contributed by atoms with Crippen LogP contribution in [0.4, 0.5) is 9.52 Å². The summed E-state index contributed by atoms with van der Waals surface area (Å²) in [5, 5.41) is 0.721. The second-order valence-electron chi connectivity index (χ2n) is 7.45. The summed E-state index contributed by atoms with van der Waals surface area (Å²) in [4.78, 5) is 22.1. The number of aromatic nitrogens is 1. The van der Waals surface area contributed by atoms with Crippen molar-refractivity contribution in [3.05, 3.63) is 59.4 Å². The number of hydrogen-bond acceptors (Lipinski definition) is 5. The average Bonchev–Trinajstić information content (AvgIpc) is 3.19. The summed E-state index contributed by atoms with van der Waals surface area (Å²) in [6, 6.07) is 12.4. The number of benzene rings is 2. The molecule has 7 heteroatoms. The van der Waals surface area contributed by atoms with Gasteiger partial charge in [-0.25, -0.2) is 9.37 Å². The average molecular weight is 428 g/mol. The molecular weight excluding hydrogens is 401 g/mol. The molecule has 0 atom stereocenters. The maximum atomic E-state index is 13.2. The number of ether oxygens (including phenoxy) is 1. The summed E-state index contributed by atoms with van der Waals surface area (Å²) < 4.78 is 19.8. The van der Waals surface area contributed by atoms with Crippen LogP contribution in [0.2, 0.25) is 0 Å². The van der Waals surface area contributed by atoms with Crippen molar-refractivity contribution in [3.8, 4) is 0 Å². The Labute approximate surface area is 180 Å². The second-order valence-corrected chi connectivity index (χ2v) is 8.46. The van der Waals surface area contributed by atoms with E-state index in [9.17, 15) is 9.18 Å². The lowest BCUT2D eigenvalue weighted by molar-refractivity contribution is -0.118. The van der Waals surface area contributed by atoms with E-state index >= 15 is 0 Å².